The van der Waals surface area contributed by atoms with E-state index in [4.69, 9.17) is 5.73 Å². The quantitative estimate of drug-likeness (QED) is 0.791. The zero-order valence-electron chi connectivity index (χ0n) is 11.9. The minimum absolute atomic E-state index is 0.101. The first-order valence-electron chi connectivity index (χ1n) is 6.24. The minimum Gasteiger partial charge on any atom is -0.398 e. The van der Waals surface area contributed by atoms with E-state index in [0.717, 1.165) is 17.1 Å². The minimum atomic E-state index is -3.51. The number of rotatable bonds is 6. The summed E-state index contributed by atoms with van der Waals surface area (Å²) in [5.41, 5.74) is 7.79. The van der Waals surface area contributed by atoms with Gasteiger partial charge in [0.15, 0.2) is 0 Å². The van der Waals surface area contributed by atoms with Crippen LogP contribution in [0.1, 0.15) is 25.0 Å². The third-order valence-corrected chi connectivity index (χ3v) is 5.62. The number of anilines is 1. The first-order chi connectivity index (χ1) is 8.77. The second kappa shape index (κ2) is 6.63. The molecule has 0 aliphatic carbocycles. The lowest BCUT2D eigenvalue weighted by atomic mass is 10.1. The van der Waals surface area contributed by atoms with Crippen molar-refractivity contribution in [2.24, 2.45) is 0 Å². The first-order valence-corrected chi connectivity index (χ1v) is 8.88. The van der Waals surface area contributed by atoms with Crippen molar-refractivity contribution in [3.63, 3.8) is 0 Å². The number of nitrogens with two attached hydrogens (primary N) is 1. The van der Waals surface area contributed by atoms with Gasteiger partial charge in [-0.15, -0.1) is 0 Å². The van der Waals surface area contributed by atoms with Gasteiger partial charge in [0, 0.05) is 17.5 Å². The van der Waals surface area contributed by atoms with Crippen LogP contribution in [-0.2, 0) is 10.0 Å². The molecule has 1 rings (SSSR count). The Morgan fingerprint density at radius 2 is 2.00 bits per heavy atom. The maximum absolute atomic E-state index is 12.4. The zero-order chi connectivity index (χ0) is 14.6. The van der Waals surface area contributed by atoms with E-state index >= 15 is 0 Å². The summed E-state index contributed by atoms with van der Waals surface area (Å²) in [6.45, 7) is 7.49. The van der Waals surface area contributed by atoms with Gasteiger partial charge in [0.05, 0.1) is 4.90 Å². The van der Waals surface area contributed by atoms with E-state index in [0.29, 0.717) is 11.3 Å². The van der Waals surface area contributed by atoms with E-state index in [1.165, 1.54) is 0 Å². The molecule has 0 bridgehead atoms. The van der Waals surface area contributed by atoms with Crippen LogP contribution < -0.4 is 10.5 Å². The number of nitrogens with one attached hydrogen (secondary N) is 1. The van der Waals surface area contributed by atoms with E-state index in [9.17, 15) is 8.42 Å². The van der Waals surface area contributed by atoms with Crippen LogP contribution >= 0.6 is 11.8 Å². The molecule has 4 nitrogen and oxygen atoms in total. The number of aryl methyl sites for hydroxylation is 1. The third kappa shape index (κ3) is 4.40. The number of benzene rings is 1. The van der Waals surface area contributed by atoms with Crippen LogP contribution in [0, 0.1) is 13.8 Å². The van der Waals surface area contributed by atoms with Crippen molar-refractivity contribution in [1.29, 1.82) is 0 Å². The second-order valence-corrected chi connectivity index (χ2v) is 7.66. The summed E-state index contributed by atoms with van der Waals surface area (Å²) < 4.78 is 27.4. The third-order valence-electron chi connectivity index (χ3n) is 2.76. The lowest BCUT2D eigenvalue weighted by molar-refractivity contribution is 0.570. The summed E-state index contributed by atoms with van der Waals surface area (Å²) in [5, 5.41) is 0. The summed E-state index contributed by atoms with van der Waals surface area (Å²) in [4.78, 5) is 0.276. The molecule has 1 unspecified atom stereocenters. The normalized spacial score (nSPS) is 13.5. The summed E-state index contributed by atoms with van der Waals surface area (Å²) >= 11 is 1.71. The molecule has 1 aromatic carbocycles. The second-order valence-electron chi connectivity index (χ2n) is 4.66. The Morgan fingerprint density at radius 1 is 1.37 bits per heavy atom. The molecule has 1 aromatic rings. The molecular formula is C13H22N2O2S2. The van der Waals surface area contributed by atoms with Crippen LogP contribution in [0.25, 0.3) is 0 Å². The Kier molecular flexibility index (Phi) is 5.70. The number of sulfonamides is 1. The summed E-state index contributed by atoms with van der Waals surface area (Å²) in [7, 11) is -3.51. The Bertz CT molecular complexity index is 542. The Labute approximate surface area is 120 Å². The van der Waals surface area contributed by atoms with E-state index in [1.807, 2.05) is 13.8 Å². The summed E-state index contributed by atoms with van der Waals surface area (Å²) in [6.07, 6.45) is 0. The Hall–Kier alpha value is -0.720. The lowest BCUT2D eigenvalue weighted by Gasteiger charge is -2.16. The van der Waals surface area contributed by atoms with E-state index < -0.39 is 10.0 Å². The zero-order valence-corrected chi connectivity index (χ0v) is 13.5. The molecule has 19 heavy (non-hydrogen) atoms. The van der Waals surface area contributed by atoms with Crippen LogP contribution in [0.15, 0.2) is 17.0 Å². The number of thioether (sulfide) groups is 1. The van der Waals surface area contributed by atoms with Gasteiger partial charge in [-0.2, -0.15) is 11.8 Å². The van der Waals surface area contributed by atoms with Crippen LogP contribution in [0.3, 0.4) is 0 Å². The lowest BCUT2D eigenvalue weighted by Crippen LogP contribution is -2.34. The molecule has 108 valence electrons. The molecule has 0 heterocycles. The molecule has 0 aliphatic heterocycles. The van der Waals surface area contributed by atoms with Gasteiger partial charge in [0.25, 0.3) is 0 Å². The molecule has 0 saturated carbocycles. The number of hydrogen-bond donors (Lipinski definition) is 2. The molecule has 0 radical (unpaired) electrons. The average molecular weight is 302 g/mol. The van der Waals surface area contributed by atoms with Crippen molar-refractivity contribution in [3.05, 3.63) is 23.3 Å². The Morgan fingerprint density at radius 3 is 2.58 bits per heavy atom. The topological polar surface area (TPSA) is 72.2 Å². The monoisotopic (exact) mass is 302 g/mol. The highest BCUT2D eigenvalue weighted by atomic mass is 32.2. The fourth-order valence-corrected chi connectivity index (χ4v) is 4.17. The predicted octanol–water partition coefficient (Wildman–Crippen LogP) is 2.31. The molecule has 1 atom stereocenters. The van der Waals surface area contributed by atoms with Crippen molar-refractivity contribution in [3.8, 4) is 0 Å². The van der Waals surface area contributed by atoms with Gasteiger partial charge in [-0.1, -0.05) is 6.92 Å². The molecule has 3 N–H and O–H groups in total. The highest BCUT2D eigenvalue weighted by Crippen LogP contribution is 2.23. The van der Waals surface area contributed by atoms with Gasteiger partial charge in [-0.05, 0) is 49.8 Å². The molecular weight excluding hydrogens is 280 g/mol. The van der Waals surface area contributed by atoms with Gasteiger partial charge in [0.1, 0.15) is 0 Å². The van der Waals surface area contributed by atoms with Gasteiger partial charge in [-0.25, -0.2) is 13.1 Å². The van der Waals surface area contributed by atoms with Gasteiger partial charge < -0.3 is 5.73 Å². The molecule has 0 aromatic heterocycles. The molecule has 0 amide bonds. The van der Waals surface area contributed by atoms with Crippen molar-refractivity contribution >= 4 is 27.5 Å². The van der Waals surface area contributed by atoms with E-state index in [-0.39, 0.29) is 10.9 Å². The highest BCUT2D eigenvalue weighted by molar-refractivity contribution is 7.99. The molecule has 0 fully saturated rings. The smallest absolute Gasteiger partial charge is 0.241 e. The standard InChI is InChI=1S/C13H22N2O2S2/c1-5-18-8-10(3)15-19(16,17)13-7-9(2)6-12(14)11(13)4/h6-7,10,15H,5,8,14H2,1-4H3. The number of nitrogen functional groups attached to an aromatic ring is 1. The van der Waals surface area contributed by atoms with E-state index in [2.05, 4.69) is 11.6 Å². The molecule has 0 saturated heterocycles. The van der Waals surface area contributed by atoms with Crippen LogP contribution in [0.5, 0.6) is 0 Å². The fourth-order valence-electron chi connectivity index (χ4n) is 1.79. The van der Waals surface area contributed by atoms with E-state index in [1.54, 1.807) is 30.8 Å². The maximum atomic E-state index is 12.4. The maximum Gasteiger partial charge on any atom is 0.241 e. The van der Waals surface area contributed by atoms with Crippen LogP contribution in [-0.4, -0.2) is 26.0 Å². The van der Waals surface area contributed by atoms with Crippen LogP contribution in [0.4, 0.5) is 5.69 Å². The van der Waals surface area contributed by atoms with Gasteiger partial charge in [0.2, 0.25) is 10.0 Å². The average Bonchev–Trinajstić information content (AvgIpc) is 2.30. The van der Waals surface area contributed by atoms with Crippen molar-refractivity contribution in [2.45, 2.75) is 38.6 Å². The van der Waals surface area contributed by atoms with Crippen molar-refractivity contribution in [2.75, 3.05) is 17.2 Å². The number of hydrogen-bond acceptors (Lipinski definition) is 4. The summed E-state index contributed by atoms with van der Waals surface area (Å²) in [6, 6.07) is 3.34. The molecule has 6 heteroatoms. The van der Waals surface area contributed by atoms with Crippen molar-refractivity contribution in [1.82, 2.24) is 4.72 Å². The highest BCUT2D eigenvalue weighted by Gasteiger charge is 2.20. The largest absolute Gasteiger partial charge is 0.398 e. The van der Waals surface area contributed by atoms with Gasteiger partial charge >= 0.3 is 0 Å². The first kappa shape index (κ1) is 16.3. The van der Waals surface area contributed by atoms with Crippen molar-refractivity contribution < 1.29 is 8.42 Å². The molecule has 0 spiro atoms. The summed E-state index contributed by atoms with van der Waals surface area (Å²) in [5.74, 6) is 1.73. The van der Waals surface area contributed by atoms with Crippen LogP contribution in [0.2, 0.25) is 0 Å². The SMILES string of the molecule is CCSCC(C)NS(=O)(=O)c1cc(C)cc(N)c1C. The molecule has 0 aliphatic rings. The van der Waals surface area contributed by atoms with Gasteiger partial charge in [-0.3, -0.25) is 0 Å². The predicted molar refractivity (Wildman–Crippen MR) is 83.1 cm³/mol. The Balaban J connectivity index is 3.01. The fraction of sp³-hybridized carbons (Fsp3) is 0.538.